The highest BCUT2D eigenvalue weighted by molar-refractivity contribution is 5.98. The van der Waals surface area contributed by atoms with Crippen molar-refractivity contribution in [3.05, 3.63) is 125 Å². The van der Waals surface area contributed by atoms with Crippen molar-refractivity contribution in [3.63, 3.8) is 0 Å². The third-order valence-electron chi connectivity index (χ3n) is 6.29. The van der Waals surface area contributed by atoms with Gasteiger partial charge in [-0.25, -0.2) is 17.6 Å². The van der Waals surface area contributed by atoms with E-state index in [-0.39, 0.29) is 23.6 Å². The van der Waals surface area contributed by atoms with Crippen molar-refractivity contribution < 1.29 is 32.0 Å². The van der Waals surface area contributed by atoms with E-state index in [0.717, 1.165) is 29.8 Å². The zero-order chi connectivity index (χ0) is 28.4. The molecule has 0 spiro atoms. The SMILES string of the molecule is Cc1noc([C@@H](Cc2ccc(-c3ccc(F)c(F)c3)cc2)NC(=O)c2cc(-c3ccc(F)c(F)c3)ccc2O)n1. The van der Waals surface area contributed by atoms with E-state index in [0.29, 0.717) is 28.1 Å². The lowest BCUT2D eigenvalue weighted by molar-refractivity contribution is 0.0925. The van der Waals surface area contributed by atoms with E-state index in [1.807, 2.05) is 0 Å². The van der Waals surface area contributed by atoms with Crippen LogP contribution in [0.15, 0.2) is 83.4 Å². The number of carbonyl (C=O) groups excluding carboxylic acids is 1. The molecule has 5 rings (SSSR count). The summed E-state index contributed by atoms with van der Waals surface area (Å²) >= 11 is 0. The minimum atomic E-state index is -1.04. The lowest BCUT2D eigenvalue weighted by Gasteiger charge is -2.17. The number of carbonyl (C=O) groups is 1. The molecule has 0 aliphatic rings. The van der Waals surface area contributed by atoms with Crippen LogP contribution in [-0.2, 0) is 6.42 Å². The van der Waals surface area contributed by atoms with Crippen LogP contribution in [0.5, 0.6) is 5.75 Å². The van der Waals surface area contributed by atoms with E-state index < -0.39 is 35.2 Å². The number of phenolic OH excluding ortho intramolecular Hbond substituents is 1. The van der Waals surface area contributed by atoms with Crippen LogP contribution in [0.4, 0.5) is 17.6 Å². The maximum Gasteiger partial charge on any atom is 0.255 e. The largest absolute Gasteiger partial charge is 0.507 e. The zero-order valence-corrected chi connectivity index (χ0v) is 21.0. The fourth-order valence-corrected chi connectivity index (χ4v) is 4.21. The van der Waals surface area contributed by atoms with Gasteiger partial charge in [-0.2, -0.15) is 4.98 Å². The Balaban J connectivity index is 1.40. The summed E-state index contributed by atoms with van der Waals surface area (Å²) in [5.41, 5.74) is 2.53. The van der Waals surface area contributed by atoms with Gasteiger partial charge in [-0.1, -0.05) is 47.6 Å². The van der Waals surface area contributed by atoms with Crippen molar-refractivity contribution in [1.29, 1.82) is 0 Å². The lowest BCUT2D eigenvalue weighted by atomic mass is 9.99. The average molecular weight is 548 g/mol. The van der Waals surface area contributed by atoms with Crippen LogP contribution in [0, 0.1) is 30.2 Å². The van der Waals surface area contributed by atoms with Crippen LogP contribution in [0.2, 0.25) is 0 Å². The third kappa shape index (κ3) is 5.70. The Hall–Kier alpha value is -4.99. The predicted octanol–water partition coefficient (Wildman–Crippen LogP) is 6.69. The molecule has 0 aliphatic heterocycles. The van der Waals surface area contributed by atoms with Crippen molar-refractivity contribution >= 4 is 5.91 Å². The number of nitrogens with one attached hydrogen (secondary N) is 1. The molecular formula is C30H21F4N3O3. The van der Waals surface area contributed by atoms with Crippen molar-refractivity contribution in [1.82, 2.24) is 15.5 Å². The first-order valence-electron chi connectivity index (χ1n) is 12.1. The van der Waals surface area contributed by atoms with Gasteiger partial charge in [0.1, 0.15) is 11.8 Å². The zero-order valence-electron chi connectivity index (χ0n) is 21.0. The average Bonchev–Trinajstić information content (AvgIpc) is 3.38. The quantitative estimate of drug-likeness (QED) is 0.222. The monoisotopic (exact) mass is 547 g/mol. The molecule has 0 bridgehead atoms. The number of aromatic nitrogens is 2. The van der Waals surface area contributed by atoms with Crippen LogP contribution in [-0.4, -0.2) is 21.2 Å². The number of phenols is 1. The van der Waals surface area contributed by atoms with Crippen molar-refractivity contribution in [2.45, 2.75) is 19.4 Å². The number of halogens is 4. The van der Waals surface area contributed by atoms with Gasteiger partial charge in [0.2, 0.25) is 5.89 Å². The predicted molar refractivity (Wildman–Crippen MR) is 138 cm³/mol. The Morgan fingerprint density at radius 3 is 1.93 bits per heavy atom. The van der Waals surface area contributed by atoms with Crippen LogP contribution in [0.25, 0.3) is 22.3 Å². The number of hydrogen-bond acceptors (Lipinski definition) is 5. The van der Waals surface area contributed by atoms with Crippen molar-refractivity contribution in [2.24, 2.45) is 0 Å². The third-order valence-corrected chi connectivity index (χ3v) is 6.29. The second kappa shape index (κ2) is 11.0. The maximum atomic E-state index is 13.8. The van der Waals surface area contributed by atoms with Gasteiger partial charge in [-0.05, 0) is 71.1 Å². The van der Waals surface area contributed by atoms with Gasteiger partial charge >= 0.3 is 0 Å². The van der Waals surface area contributed by atoms with Crippen molar-refractivity contribution in [2.75, 3.05) is 0 Å². The minimum absolute atomic E-state index is 0.0999. The Bertz CT molecular complexity index is 1700. The summed E-state index contributed by atoms with van der Waals surface area (Å²) in [4.78, 5) is 17.5. The minimum Gasteiger partial charge on any atom is -0.507 e. The summed E-state index contributed by atoms with van der Waals surface area (Å²) in [6.45, 7) is 1.62. The maximum absolute atomic E-state index is 13.8. The molecule has 40 heavy (non-hydrogen) atoms. The number of nitrogens with zero attached hydrogens (tertiary/aromatic N) is 2. The molecule has 0 radical (unpaired) electrons. The Morgan fingerprint density at radius 1 is 0.800 bits per heavy atom. The summed E-state index contributed by atoms with van der Waals surface area (Å²) in [7, 11) is 0. The fourth-order valence-electron chi connectivity index (χ4n) is 4.21. The number of hydrogen-bond donors (Lipinski definition) is 2. The molecule has 0 saturated heterocycles. The fraction of sp³-hybridized carbons (Fsp3) is 0.100. The molecule has 1 atom stereocenters. The van der Waals surface area contributed by atoms with E-state index in [1.165, 1.54) is 30.3 Å². The van der Waals surface area contributed by atoms with Gasteiger partial charge in [-0.15, -0.1) is 0 Å². The van der Waals surface area contributed by atoms with Gasteiger partial charge in [-0.3, -0.25) is 4.79 Å². The summed E-state index contributed by atoms with van der Waals surface area (Å²) in [5, 5.41) is 17.0. The molecule has 6 nitrogen and oxygen atoms in total. The summed E-state index contributed by atoms with van der Waals surface area (Å²) in [6, 6.07) is 17.3. The summed E-state index contributed by atoms with van der Waals surface area (Å²) in [5.74, 6) is -4.43. The molecule has 5 aromatic rings. The normalized spacial score (nSPS) is 11.8. The molecule has 1 amide bonds. The lowest BCUT2D eigenvalue weighted by Crippen LogP contribution is -2.30. The van der Waals surface area contributed by atoms with Gasteiger partial charge in [0.05, 0.1) is 5.56 Å². The molecule has 0 fully saturated rings. The molecule has 0 unspecified atom stereocenters. The molecule has 1 heterocycles. The molecule has 1 aromatic heterocycles. The second-order valence-corrected chi connectivity index (χ2v) is 9.10. The molecule has 0 saturated carbocycles. The number of aromatic hydroxyl groups is 1. The molecule has 10 heteroatoms. The Morgan fingerprint density at radius 2 is 1.35 bits per heavy atom. The second-order valence-electron chi connectivity index (χ2n) is 9.10. The van der Waals surface area contributed by atoms with Crippen LogP contribution < -0.4 is 5.32 Å². The molecular weight excluding hydrogens is 526 g/mol. The first kappa shape index (κ1) is 26.6. The van der Waals surface area contributed by atoms with Crippen molar-refractivity contribution in [3.8, 4) is 28.0 Å². The van der Waals surface area contributed by atoms with E-state index in [9.17, 15) is 27.5 Å². The van der Waals surface area contributed by atoms with Gasteiger partial charge < -0.3 is 14.9 Å². The van der Waals surface area contributed by atoms with Gasteiger partial charge in [0.15, 0.2) is 29.1 Å². The topological polar surface area (TPSA) is 88.2 Å². The number of amides is 1. The van der Waals surface area contributed by atoms with E-state index >= 15 is 0 Å². The van der Waals surface area contributed by atoms with Crippen LogP contribution in [0.1, 0.15) is 33.7 Å². The van der Waals surface area contributed by atoms with Gasteiger partial charge in [0.25, 0.3) is 5.91 Å². The Labute approximate surface area is 225 Å². The first-order valence-corrected chi connectivity index (χ1v) is 12.1. The standard InChI is InChI=1S/C30H21F4N3O3/c1-16-35-30(40-37-16)27(12-17-2-4-18(5-3-17)20-6-9-23(31)25(33)14-20)36-29(39)22-13-19(8-11-28(22)38)21-7-10-24(32)26(34)15-21/h2-11,13-15,27,38H,12H2,1H3,(H,36,39)/t27-/m1/s1. The van der Waals surface area contributed by atoms with Crippen LogP contribution >= 0.6 is 0 Å². The highest BCUT2D eigenvalue weighted by Crippen LogP contribution is 2.29. The number of benzene rings is 4. The summed E-state index contributed by atoms with van der Waals surface area (Å²) in [6.07, 6.45) is 0.217. The number of aryl methyl sites for hydroxylation is 1. The van der Waals surface area contributed by atoms with E-state index in [1.54, 1.807) is 31.2 Å². The highest BCUT2D eigenvalue weighted by Gasteiger charge is 2.24. The van der Waals surface area contributed by atoms with E-state index in [4.69, 9.17) is 4.52 Å². The highest BCUT2D eigenvalue weighted by atomic mass is 19.2. The van der Waals surface area contributed by atoms with Gasteiger partial charge in [0, 0.05) is 6.42 Å². The smallest absolute Gasteiger partial charge is 0.255 e. The molecule has 202 valence electrons. The first-order chi connectivity index (χ1) is 19.2. The van der Waals surface area contributed by atoms with E-state index in [2.05, 4.69) is 15.5 Å². The molecule has 4 aromatic carbocycles. The number of rotatable bonds is 7. The summed E-state index contributed by atoms with van der Waals surface area (Å²) < 4.78 is 59.4. The molecule has 0 aliphatic carbocycles. The Kier molecular flexibility index (Phi) is 7.33. The molecule has 2 N–H and O–H groups in total. The van der Waals surface area contributed by atoms with Crippen LogP contribution in [0.3, 0.4) is 0 Å².